The van der Waals surface area contributed by atoms with E-state index in [4.69, 9.17) is 9.84 Å². The second kappa shape index (κ2) is 7.85. The molecule has 0 spiro atoms. The van der Waals surface area contributed by atoms with Crippen molar-refractivity contribution in [3.05, 3.63) is 35.9 Å². The Kier molecular flexibility index (Phi) is 6.33. The molecule has 1 rings (SSSR count). The molecule has 0 heterocycles. The van der Waals surface area contributed by atoms with E-state index in [-0.39, 0.29) is 5.92 Å². The average molecular weight is 236 g/mol. The van der Waals surface area contributed by atoms with E-state index in [0.29, 0.717) is 19.6 Å². The van der Waals surface area contributed by atoms with Crippen molar-refractivity contribution in [3.63, 3.8) is 0 Å². The van der Waals surface area contributed by atoms with Crippen molar-refractivity contribution in [1.29, 1.82) is 0 Å². The monoisotopic (exact) mass is 236 g/mol. The van der Waals surface area contributed by atoms with Gasteiger partial charge in [0.2, 0.25) is 0 Å². The zero-order chi connectivity index (χ0) is 12.5. The third-order valence-corrected chi connectivity index (χ3v) is 2.73. The summed E-state index contributed by atoms with van der Waals surface area (Å²) in [6, 6.07) is 10.2. The van der Waals surface area contributed by atoms with Crippen LogP contribution in [0.1, 0.15) is 25.3 Å². The quantitative estimate of drug-likeness (QED) is 0.706. The predicted octanol–water partition coefficient (Wildman–Crippen LogP) is 2.75. The first-order valence-electron chi connectivity index (χ1n) is 6.04. The van der Waals surface area contributed by atoms with Crippen LogP contribution >= 0.6 is 0 Å². The molecule has 17 heavy (non-hydrogen) atoms. The Hall–Kier alpha value is -1.35. The van der Waals surface area contributed by atoms with Crippen LogP contribution in [0.4, 0.5) is 0 Å². The fraction of sp³-hybridized carbons (Fsp3) is 0.500. The van der Waals surface area contributed by atoms with E-state index < -0.39 is 5.97 Å². The van der Waals surface area contributed by atoms with Crippen LogP contribution in [-0.2, 0) is 16.0 Å². The SMILES string of the molecule is CC(CCCOCCc1ccccc1)C(=O)O. The smallest absolute Gasteiger partial charge is 0.306 e. The molecule has 0 fully saturated rings. The normalized spacial score (nSPS) is 12.3. The second-order valence-electron chi connectivity index (χ2n) is 4.23. The van der Waals surface area contributed by atoms with Gasteiger partial charge in [-0.15, -0.1) is 0 Å². The highest BCUT2D eigenvalue weighted by atomic mass is 16.5. The maximum absolute atomic E-state index is 10.6. The van der Waals surface area contributed by atoms with Gasteiger partial charge >= 0.3 is 5.97 Å². The lowest BCUT2D eigenvalue weighted by Gasteiger charge is -2.06. The summed E-state index contributed by atoms with van der Waals surface area (Å²) in [5, 5.41) is 8.69. The van der Waals surface area contributed by atoms with Crippen LogP contribution in [0, 0.1) is 5.92 Å². The standard InChI is InChI=1S/C14H20O3/c1-12(14(15)16)6-5-10-17-11-9-13-7-3-2-4-8-13/h2-4,7-8,12H,5-6,9-11H2,1H3,(H,15,16). The van der Waals surface area contributed by atoms with Gasteiger partial charge in [0.1, 0.15) is 0 Å². The lowest BCUT2D eigenvalue weighted by molar-refractivity contribution is -0.141. The minimum Gasteiger partial charge on any atom is -0.481 e. The molecule has 0 bridgehead atoms. The van der Waals surface area contributed by atoms with E-state index in [1.165, 1.54) is 5.56 Å². The summed E-state index contributed by atoms with van der Waals surface area (Å²) < 4.78 is 5.47. The number of ether oxygens (including phenoxy) is 1. The van der Waals surface area contributed by atoms with Gasteiger partial charge in [-0.2, -0.15) is 0 Å². The van der Waals surface area contributed by atoms with E-state index >= 15 is 0 Å². The molecule has 0 amide bonds. The summed E-state index contributed by atoms with van der Waals surface area (Å²) in [6.45, 7) is 3.07. The molecule has 0 radical (unpaired) electrons. The highest BCUT2D eigenvalue weighted by Gasteiger charge is 2.09. The largest absolute Gasteiger partial charge is 0.481 e. The van der Waals surface area contributed by atoms with Gasteiger partial charge < -0.3 is 9.84 Å². The maximum atomic E-state index is 10.6. The molecule has 94 valence electrons. The van der Waals surface area contributed by atoms with Gasteiger partial charge in [-0.1, -0.05) is 37.3 Å². The number of aliphatic carboxylic acids is 1. The van der Waals surface area contributed by atoms with Crippen molar-refractivity contribution >= 4 is 5.97 Å². The van der Waals surface area contributed by atoms with E-state index in [1.54, 1.807) is 6.92 Å². The number of hydrogen-bond donors (Lipinski definition) is 1. The predicted molar refractivity (Wildman–Crippen MR) is 67.0 cm³/mol. The van der Waals surface area contributed by atoms with Crippen LogP contribution in [-0.4, -0.2) is 24.3 Å². The molecule has 1 N–H and O–H groups in total. The molecule has 1 atom stereocenters. The third kappa shape index (κ3) is 6.07. The molecule has 1 aromatic rings. The topological polar surface area (TPSA) is 46.5 Å². The summed E-state index contributed by atoms with van der Waals surface area (Å²) in [5.74, 6) is -0.998. The molecule has 0 aromatic heterocycles. The summed E-state index contributed by atoms with van der Waals surface area (Å²) in [4.78, 5) is 10.6. The third-order valence-electron chi connectivity index (χ3n) is 2.73. The summed E-state index contributed by atoms with van der Waals surface area (Å²) >= 11 is 0. The number of carboxylic acid groups (broad SMARTS) is 1. The average Bonchev–Trinajstić information content (AvgIpc) is 2.34. The molecule has 0 aliphatic carbocycles. The maximum Gasteiger partial charge on any atom is 0.306 e. The van der Waals surface area contributed by atoms with Crippen molar-refractivity contribution < 1.29 is 14.6 Å². The Morgan fingerprint density at radius 2 is 2.00 bits per heavy atom. The molecule has 0 aliphatic rings. The number of carbonyl (C=O) groups is 1. The first-order chi connectivity index (χ1) is 8.20. The van der Waals surface area contributed by atoms with Crippen molar-refractivity contribution in [2.45, 2.75) is 26.2 Å². The van der Waals surface area contributed by atoms with E-state index in [2.05, 4.69) is 12.1 Å². The van der Waals surface area contributed by atoms with Crippen LogP contribution in [0.15, 0.2) is 30.3 Å². The first-order valence-corrected chi connectivity index (χ1v) is 6.04. The van der Waals surface area contributed by atoms with Crippen LogP contribution in [0.5, 0.6) is 0 Å². The van der Waals surface area contributed by atoms with Crippen molar-refractivity contribution in [2.24, 2.45) is 5.92 Å². The molecule has 0 saturated heterocycles. The molecule has 1 aromatic carbocycles. The molecule has 1 unspecified atom stereocenters. The van der Waals surface area contributed by atoms with Gasteiger partial charge in [0.25, 0.3) is 0 Å². The Balaban J connectivity index is 2.00. The zero-order valence-corrected chi connectivity index (χ0v) is 10.3. The Bertz CT molecular complexity index is 321. The van der Waals surface area contributed by atoms with Crippen molar-refractivity contribution in [1.82, 2.24) is 0 Å². The van der Waals surface area contributed by atoms with Crippen molar-refractivity contribution in [2.75, 3.05) is 13.2 Å². The minimum absolute atomic E-state index is 0.271. The first kappa shape index (κ1) is 13.7. The van der Waals surface area contributed by atoms with Crippen LogP contribution < -0.4 is 0 Å². The van der Waals surface area contributed by atoms with E-state index in [9.17, 15) is 4.79 Å². The molecule has 0 aliphatic heterocycles. The molecule has 3 heteroatoms. The summed E-state index contributed by atoms with van der Waals surface area (Å²) in [5.41, 5.74) is 1.27. The van der Waals surface area contributed by atoms with Gasteiger partial charge in [0, 0.05) is 6.61 Å². The Morgan fingerprint density at radius 1 is 1.29 bits per heavy atom. The van der Waals surface area contributed by atoms with Crippen LogP contribution in [0.2, 0.25) is 0 Å². The number of benzene rings is 1. The number of rotatable bonds is 8. The van der Waals surface area contributed by atoms with Crippen LogP contribution in [0.3, 0.4) is 0 Å². The fourth-order valence-electron chi connectivity index (χ4n) is 1.55. The van der Waals surface area contributed by atoms with E-state index in [0.717, 1.165) is 12.8 Å². The second-order valence-corrected chi connectivity index (χ2v) is 4.23. The van der Waals surface area contributed by atoms with Gasteiger partial charge in [0.05, 0.1) is 12.5 Å². The van der Waals surface area contributed by atoms with Crippen LogP contribution in [0.25, 0.3) is 0 Å². The highest BCUT2D eigenvalue weighted by Crippen LogP contribution is 2.06. The van der Waals surface area contributed by atoms with Gasteiger partial charge in [-0.05, 0) is 24.8 Å². The fourth-order valence-corrected chi connectivity index (χ4v) is 1.55. The molecular weight excluding hydrogens is 216 g/mol. The lowest BCUT2D eigenvalue weighted by atomic mass is 10.1. The summed E-state index contributed by atoms with van der Waals surface area (Å²) in [6.07, 6.45) is 2.40. The number of carboxylic acids is 1. The van der Waals surface area contributed by atoms with Crippen molar-refractivity contribution in [3.8, 4) is 0 Å². The summed E-state index contributed by atoms with van der Waals surface area (Å²) in [7, 11) is 0. The number of hydrogen-bond acceptors (Lipinski definition) is 2. The zero-order valence-electron chi connectivity index (χ0n) is 10.3. The molecular formula is C14H20O3. The highest BCUT2D eigenvalue weighted by molar-refractivity contribution is 5.69. The Morgan fingerprint density at radius 3 is 2.65 bits per heavy atom. The molecule has 0 saturated carbocycles. The minimum atomic E-state index is -0.728. The van der Waals surface area contributed by atoms with Gasteiger partial charge in [-0.25, -0.2) is 0 Å². The molecule has 3 nitrogen and oxygen atoms in total. The lowest BCUT2D eigenvalue weighted by Crippen LogP contribution is -2.10. The van der Waals surface area contributed by atoms with Gasteiger partial charge in [0.15, 0.2) is 0 Å². The van der Waals surface area contributed by atoms with Gasteiger partial charge in [-0.3, -0.25) is 4.79 Å². The van der Waals surface area contributed by atoms with E-state index in [1.807, 2.05) is 18.2 Å². The Labute approximate surface area is 102 Å².